The zero-order valence-electron chi connectivity index (χ0n) is 18.2. The van der Waals surface area contributed by atoms with Crippen molar-refractivity contribution in [3.8, 4) is 0 Å². The number of aromatic nitrogens is 2. The summed E-state index contributed by atoms with van der Waals surface area (Å²) in [6.45, 7) is 6.06. The molecule has 2 fully saturated rings. The van der Waals surface area contributed by atoms with Crippen LogP contribution in [0.5, 0.6) is 0 Å². The average molecular weight is 464 g/mol. The number of aliphatic hydroxyl groups is 1. The summed E-state index contributed by atoms with van der Waals surface area (Å²) in [6.07, 6.45) is -4.48. The van der Waals surface area contributed by atoms with Crippen molar-refractivity contribution < 1.29 is 23.1 Å². The second-order valence-electron chi connectivity index (χ2n) is 8.16. The Kier molecular flexibility index (Phi) is 6.99. The van der Waals surface area contributed by atoms with Crippen molar-refractivity contribution in [1.82, 2.24) is 20.0 Å². The van der Waals surface area contributed by atoms with Gasteiger partial charge in [0.05, 0.1) is 12.2 Å². The normalized spacial score (nSPS) is 18.0. The molecule has 2 aliphatic heterocycles. The fourth-order valence-corrected chi connectivity index (χ4v) is 4.15. The number of hydrogen-bond acceptors (Lipinski definition) is 7. The van der Waals surface area contributed by atoms with Gasteiger partial charge in [-0.25, -0.2) is 0 Å². The Bertz CT molecular complexity index is 940. The van der Waals surface area contributed by atoms with Gasteiger partial charge in [-0.2, -0.15) is 13.2 Å². The van der Waals surface area contributed by atoms with E-state index in [9.17, 15) is 18.0 Å². The Morgan fingerprint density at radius 1 is 0.879 bits per heavy atom. The molecule has 8 nitrogen and oxygen atoms in total. The van der Waals surface area contributed by atoms with Crippen LogP contribution in [0.2, 0.25) is 0 Å². The molecule has 33 heavy (non-hydrogen) atoms. The van der Waals surface area contributed by atoms with Gasteiger partial charge in [0.2, 0.25) is 0 Å². The molecule has 2 aromatic rings. The highest BCUT2D eigenvalue weighted by molar-refractivity contribution is 5.94. The SMILES string of the molecule is O=C(c1cccc(C(F)(F)F)c1)N1CCN(c2ccc(N3CCN(CCO)CC3)nn2)CC1. The summed E-state index contributed by atoms with van der Waals surface area (Å²) in [7, 11) is 0. The predicted octanol–water partition coefficient (Wildman–Crippen LogP) is 1.57. The molecular weight excluding hydrogens is 437 g/mol. The van der Waals surface area contributed by atoms with Crippen LogP contribution in [0.1, 0.15) is 15.9 Å². The van der Waals surface area contributed by atoms with Crippen LogP contribution >= 0.6 is 0 Å². The monoisotopic (exact) mass is 464 g/mol. The topological polar surface area (TPSA) is 76.0 Å². The van der Waals surface area contributed by atoms with Crippen LogP contribution in [0.3, 0.4) is 0 Å². The summed E-state index contributed by atoms with van der Waals surface area (Å²) in [5.74, 6) is 1.12. The molecule has 0 radical (unpaired) electrons. The van der Waals surface area contributed by atoms with Crippen molar-refractivity contribution in [2.24, 2.45) is 0 Å². The zero-order chi connectivity index (χ0) is 23.4. The first kappa shape index (κ1) is 23.2. The molecule has 0 bridgehead atoms. The van der Waals surface area contributed by atoms with Crippen molar-refractivity contribution in [3.05, 3.63) is 47.5 Å². The van der Waals surface area contributed by atoms with E-state index in [-0.39, 0.29) is 12.2 Å². The van der Waals surface area contributed by atoms with E-state index in [0.29, 0.717) is 38.5 Å². The largest absolute Gasteiger partial charge is 0.416 e. The van der Waals surface area contributed by atoms with Crippen LogP contribution in [0, 0.1) is 0 Å². The van der Waals surface area contributed by atoms with Crippen molar-refractivity contribution in [2.45, 2.75) is 6.18 Å². The standard InChI is InChI=1S/C22H27F3N6O2/c23-22(24,25)18-3-1-2-17(16-18)21(33)31-12-10-30(11-13-31)20-5-4-19(26-27-20)29-8-6-28(7-9-29)14-15-32/h1-5,16,32H,6-15H2. The van der Waals surface area contributed by atoms with E-state index in [1.807, 2.05) is 17.0 Å². The first-order valence-electron chi connectivity index (χ1n) is 11.0. The number of alkyl halides is 3. The van der Waals surface area contributed by atoms with Gasteiger partial charge in [0.15, 0.2) is 11.6 Å². The molecule has 4 rings (SSSR count). The van der Waals surface area contributed by atoms with Crippen LogP contribution in [0.25, 0.3) is 0 Å². The van der Waals surface area contributed by atoms with Crippen molar-refractivity contribution >= 4 is 17.5 Å². The second kappa shape index (κ2) is 9.92. The van der Waals surface area contributed by atoms with Gasteiger partial charge in [0.1, 0.15) is 0 Å². The molecule has 2 aliphatic rings. The third kappa shape index (κ3) is 5.53. The molecule has 1 aromatic heterocycles. The van der Waals surface area contributed by atoms with Gasteiger partial charge in [0.25, 0.3) is 5.91 Å². The van der Waals surface area contributed by atoms with Crippen LogP contribution < -0.4 is 9.80 Å². The lowest BCUT2D eigenvalue weighted by Gasteiger charge is -2.36. The Morgan fingerprint density at radius 3 is 1.97 bits per heavy atom. The van der Waals surface area contributed by atoms with Gasteiger partial charge in [0, 0.05) is 64.5 Å². The summed E-state index contributed by atoms with van der Waals surface area (Å²) >= 11 is 0. The van der Waals surface area contributed by atoms with E-state index >= 15 is 0 Å². The summed E-state index contributed by atoms with van der Waals surface area (Å²) in [6, 6.07) is 8.39. The van der Waals surface area contributed by atoms with Gasteiger partial charge in [-0.15, -0.1) is 10.2 Å². The molecule has 2 saturated heterocycles. The number of rotatable bonds is 5. The maximum absolute atomic E-state index is 12.9. The highest BCUT2D eigenvalue weighted by Crippen LogP contribution is 2.30. The minimum absolute atomic E-state index is 0.0431. The fraction of sp³-hybridized carbons (Fsp3) is 0.500. The Morgan fingerprint density at radius 2 is 1.45 bits per heavy atom. The maximum Gasteiger partial charge on any atom is 0.416 e. The first-order chi connectivity index (χ1) is 15.8. The van der Waals surface area contributed by atoms with Gasteiger partial charge in [-0.05, 0) is 30.3 Å². The van der Waals surface area contributed by atoms with Crippen LogP contribution in [-0.2, 0) is 6.18 Å². The quantitative estimate of drug-likeness (QED) is 0.720. The lowest BCUT2D eigenvalue weighted by atomic mass is 10.1. The molecule has 1 N–H and O–H groups in total. The number of nitrogens with zero attached hydrogens (tertiary/aromatic N) is 6. The highest BCUT2D eigenvalue weighted by atomic mass is 19.4. The number of piperazine rings is 2. The number of halogens is 3. The minimum atomic E-state index is -4.48. The molecule has 11 heteroatoms. The number of amides is 1. The number of benzene rings is 1. The number of β-amino-alcohol motifs (C(OH)–C–C–N with tert-alkyl or cyclic N) is 1. The smallest absolute Gasteiger partial charge is 0.395 e. The molecule has 178 valence electrons. The average Bonchev–Trinajstić information content (AvgIpc) is 2.84. The molecule has 0 unspecified atom stereocenters. The minimum Gasteiger partial charge on any atom is -0.395 e. The first-order valence-corrected chi connectivity index (χ1v) is 11.0. The van der Waals surface area contributed by atoms with E-state index in [1.54, 1.807) is 4.90 Å². The zero-order valence-corrected chi connectivity index (χ0v) is 18.2. The van der Waals surface area contributed by atoms with Gasteiger partial charge in [-0.1, -0.05) is 6.07 Å². The molecule has 0 saturated carbocycles. The number of carbonyl (C=O) groups is 1. The van der Waals surface area contributed by atoms with E-state index in [2.05, 4.69) is 20.0 Å². The third-order valence-electron chi connectivity index (χ3n) is 6.08. The van der Waals surface area contributed by atoms with Crippen molar-refractivity contribution in [3.63, 3.8) is 0 Å². The van der Waals surface area contributed by atoms with Gasteiger partial charge < -0.3 is 19.8 Å². The summed E-state index contributed by atoms with van der Waals surface area (Å²) in [5.41, 5.74) is -0.779. The van der Waals surface area contributed by atoms with Crippen molar-refractivity contribution in [1.29, 1.82) is 0 Å². The van der Waals surface area contributed by atoms with E-state index in [0.717, 1.165) is 44.1 Å². The summed E-state index contributed by atoms with van der Waals surface area (Å²) < 4.78 is 38.8. The second-order valence-corrected chi connectivity index (χ2v) is 8.16. The van der Waals surface area contributed by atoms with Crippen LogP contribution in [0.4, 0.5) is 24.8 Å². The fourth-order valence-electron chi connectivity index (χ4n) is 4.15. The Labute approximate surface area is 190 Å². The van der Waals surface area contributed by atoms with Gasteiger partial charge in [-0.3, -0.25) is 9.69 Å². The molecule has 0 spiro atoms. The van der Waals surface area contributed by atoms with Gasteiger partial charge >= 0.3 is 6.18 Å². The molecule has 0 atom stereocenters. The number of aliphatic hydroxyl groups excluding tert-OH is 1. The number of hydrogen-bond donors (Lipinski definition) is 1. The summed E-state index contributed by atoms with van der Waals surface area (Å²) in [5, 5.41) is 17.8. The summed E-state index contributed by atoms with van der Waals surface area (Å²) in [4.78, 5) is 20.7. The lowest BCUT2D eigenvalue weighted by Crippen LogP contribution is -2.49. The Balaban J connectivity index is 1.31. The lowest BCUT2D eigenvalue weighted by molar-refractivity contribution is -0.137. The number of anilines is 2. The molecule has 1 aromatic carbocycles. The molecule has 3 heterocycles. The third-order valence-corrected chi connectivity index (χ3v) is 6.08. The van der Waals surface area contributed by atoms with Crippen LogP contribution in [-0.4, -0.2) is 96.5 Å². The van der Waals surface area contributed by atoms with E-state index < -0.39 is 17.6 Å². The highest BCUT2D eigenvalue weighted by Gasteiger charge is 2.32. The van der Waals surface area contributed by atoms with Crippen LogP contribution in [0.15, 0.2) is 36.4 Å². The molecule has 0 aliphatic carbocycles. The van der Waals surface area contributed by atoms with E-state index in [1.165, 1.54) is 12.1 Å². The number of carbonyl (C=O) groups excluding carboxylic acids is 1. The maximum atomic E-state index is 12.9. The van der Waals surface area contributed by atoms with E-state index in [4.69, 9.17) is 5.11 Å². The van der Waals surface area contributed by atoms with Crippen molar-refractivity contribution in [2.75, 3.05) is 75.3 Å². The molecule has 1 amide bonds. The Hall–Kier alpha value is -2.92. The predicted molar refractivity (Wildman–Crippen MR) is 117 cm³/mol. The molecular formula is C22H27F3N6O2.